The van der Waals surface area contributed by atoms with Crippen molar-refractivity contribution in [3.63, 3.8) is 0 Å². The molecular weight excluding hydrogens is 190 g/mol. The molecule has 0 saturated carbocycles. The van der Waals surface area contributed by atoms with Gasteiger partial charge in [-0.15, -0.1) is 0 Å². The molecule has 2 N–H and O–H groups in total. The summed E-state index contributed by atoms with van der Waals surface area (Å²) >= 11 is 0. The normalized spacial score (nSPS) is 12.0. The summed E-state index contributed by atoms with van der Waals surface area (Å²) in [5.74, 6) is 0. The zero-order chi connectivity index (χ0) is 11.7. The second-order valence-corrected chi connectivity index (χ2v) is 4.44. The molecule has 0 aliphatic heterocycles. The van der Waals surface area contributed by atoms with E-state index in [-0.39, 0.29) is 18.5 Å². The fourth-order valence-electron chi connectivity index (χ4n) is 1.41. The molecule has 0 bridgehead atoms. The lowest BCUT2D eigenvalue weighted by Crippen LogP contribution is -2.24. The molecule has 0 aromatic heterocycles. The van der Waals surface area contributed by atoms with Gasteiger partial charge in [-0.1, -0.05) is 6.42 Å². The predicted octanol–water partition coefficient (Wildman–Crippen LogP) is 2.68. The van der Waals surface area contributed by atoms with Crippen molar-refractivity contribution in [3.8, 4) is 0 Å². The van der Waals surface area contributed by atoms with Gasteiger partial charge >= 0.3 is 0 Å². The largest absolute Gasteiger partial charge is 0.350 e. The first-order valence-electron chi connectivity index (χ1n) is 6.07. The van der Waals surface area contributed by atoms with Crippen LogP contribution in [0.2, 0.25) is 0 Å². The lowest BCUT2D eigenvalue weighted by Gasteiger charge is -2.22. The molecule has 0 amide bonds. The first kappa shape index (κ1) is 14.9. The summed E-state index contributed by atoms with van der Waals surface area (Å²) < 4.78 is 11.4. The standard InChI is InChI=1S/C12H27NO2/c1-10(2)14-12(15-11(3)4)8-6-5-7-9-13/h10-12H,5-9,13H2,1-4H3. The van der Waals surface area contributed by atoms with Gasteiger partial charge in [0.1, 0.15) is 0 Å². The van der Waals surface area contributed by atoms with Gasteiger partial charge in [-0.3, -0.25) is 0 Å². The van der Waals surface area contributed by atoms with E-state index in [9.17, 15) is 0 Å². The molecule has 0 atom stereocenters. The molecule has 15 heavy (non-hydrogen) atoms. The minimum Gasteiger partial charge on any atom is -0.350 e. The van der Waals surface area contributed by atoms with E-state index in [1.54, 1.807) is 0 Å². The SMILES string of the molecule is CC(C)OC(CCCCCN)OC(C)C. The molecule has 0 fully saturated rings. The number of nitrogens with two attached hydrogens (primary N) is 1. The molecule has 0 heterocycles. The quantitative estimate of drug-likeness (QED) is 0.477. The number of rotatable bonds is 9. The third-order valence-electron chi connectivity index (χ3n) is 1.99. The average Bonchev–Trinajstić information content (AvgIpc) is 2.10. The molecule has 3 heteroatoms. The second kappa shape index (κ2) is 9.13. The summed E-state index contributed by atoms with van der Waals surface area (Å²) in [6, 6.07) is 0. The van der Waals surface area contributed by atoms with E-state index < -0.39 is 0 Å². The van der Waals surface area contributed by atoms with Crippen LogP contribution in [0.5, 0.6) is 0 Å². The molecule has 0 unspecified atom stereocenters. The Bertz CT molecular complexity index is 128. The van der Waals surface area contributed by atoms with Gasteiger partial charge in [-0.25, -0.2) is 0 Å². The van der Waals surface area contributed by atoms with E-state index in [0.29, 0.717) is 0 Å². The Morgan fingerprint density at radius 1 is 0.867 bits per heavy atom. The molecule has 0 aromatic carbocycles. The highest BCUT2D eigenvalue weighted by atomic mass is 16.7. The monoisotopic (exact) mass is 217 g/mol. The van der Waals surface area contributed by atoms with Crippen molar-refractivity contribution in [3.05, 3.63) is 0 Å². The molecular formula is C12H27NO2. The molecule has 0 rings (SSSR count). The van der Waals surface area contributed by atoms with Crippen molar-refractivity contribution in [1.29, 1.82) is 0 Å². The molecule has 92 valence electrons. The van der Waals surface area contributed by atoms with Crippen LogP contribution in [0.15, 0.2) is 0 Å². The summed E-state index contributed by atoms with van der Waals surface area (Å²) in [6.07, 6.45) is 4.75. The molecule has 0 saturated heterocycles. The van der Waals surface area contributed by atoms with Gasteiger partial charge < -0.3 is 15.2 Å². The van der Waals surface area contributed by atoms with Crippen LogP contribution in [0.1, 0.15) is 53.4 Å². The second-order valence-electron chi connectivity index (χ2n) is 4.44. The van der Waals surface area contributed by atoms with E-state index in [4.69, 9.17) is 15.2 Å². The average molecular weight is 217 g/mol. The minimum absolute atomic E-state index is 0.0530. The summed E-state index contributed by atoms with van der Waals surface area (Å²) in [6.45, 7) is 8.93. The predicted molar refractivity (Wildman–Crippen MR) is 63.8 cm³/mol. The molecule has 0 aromatic rings. The lowest BCUT2D eigenvalue weighted by atomic mass is 10.2. The van der Waals surface area contributed by atoms with Gasteiger partial charge in [-0.05, 0) is 53.5 Å². The van der Waals surface area contributed by atoms with Crippen LogP contribution >= 0.6 is 0 Å². The minimum atomic E-state index is -0.0530. The Hall–Kier alpha value is -0.120. The van der Waals surface area contributed by atoms with Crippen LogP contribution < -0.4 is 5.73 Å². The Morgan fingerprint density at radius 3 is 1.80 bits per heavy atom. The third-order valence-corrected chi connectivity index (χ3v) is 1.99. The van der Waals surface area contributed by atoms with E-state index in [0.717, 1.165) is 32.2 Å². The zero-order valence-electron chi connectivity index (χ0n) is 10.7. The number of unbranched alkanes of at least 4 members (excludes halogenated alkanes) is 2. The first-order chi connectivity index (χ1) is 7.06. The van der Waals surface area contributed by atoms with Crippen molar-refractivity contribution in [2.24, 2.45) is 5.73 Å². The zero-order valence-corrected chi connectivity index (χ0v) is 10.7. The van der Waals surface area contributed by atoms with Gasteiger partial charge in [0.25, 0.3) is 0 Å². The maximum absolute atomic E-state index is 5.69. The number of ether oxygens (including phenoxy) is 2. The molecule has 3 nitrogen and oxygen atoms in total. The Kier molecular flexibility index (Phi) is 9.06. The fraction of sp³-hybridized carbons (Fsp3) is 1.00. The highest BCUT2D eigenvalue weighted by Gasteiger charge is 2.12. The Morgan fingerprint density at radius 2 is 1.40 bits per heavy atom. The smallest absolute Gasteiger partial charge is 0.158 e. The van der Waals surface area contributed by atoms with Gasteiger partial charge in [0.05, 0.1) is 12.2 Å². The maximum Gasteiger partial charge on any atom is 0.158 e. The van der Waals surface area contributed by atoms with Gasteiger partial charge in [-0.2, -0.15) is 0 Å². The molecule has 0 radical (unpaired) electrons. The number of hydrogen-bond donors (Lipinski definition) is 1. The van der Waals surface area contributed by atoms with Crippen LogP contribution in [0.3, 0.4) is 0 Å². The van der Waals surface area contributed by atoms with Gasteiger partial charge in [0.15, 0.2) is 6.29 Å². The van der Waals surface area contributed by atoms with Crippen LogP contribution in [0, 0.1) is 0 Å². The van der Waals surface area contributed by atoms with E-state index in [1.165, 1.54) is 0 Å². The van der Waals surface area contributed by atoms with E-state index >= 15 is 0 Å². The molecule has 0 spiro atoms. The summed E-state index contributed by atoms with van der Waals surface area (Å²) in [4.78, 5) is 0. The Labute approximate surface area is 94.3 Å². The Balaban J connectivity index is 3.69. The molecule has 0 aliphatic carbocycles. The van der Waals surface area contributed by atoms with Gasteiger partial charge in [0, 0.05) is 0 Å². The highest BCUT2D eigenvalue weighted by Crippen LogP contribution is 2.12. The van der Waals surface area contributed by atoms with Crippen molar-refractivity contribution < 1.29 is 9.47 Å². The summed E-state index contributed by atoms with van der Waals surface area (Å²) in [5, 5.41) is 0. The van der Waals surface area contributed by atoms with Crippen LogP contribution in [-0.4, -0.2) is 25.0 Å². The van der Waals surface area contributed by atoms with E-state index in [1.807, 2.05) is 27.7 Å². The highest BCUT2D eigenvalue weighted by molar-refractivity contribution is 4.52. The fourth-order valence-corrected chi connectivity index (χ4v) is 1.41. The molecule has 0 aliphatic rings. The van der Waals surface area contributed by atoms with Crippen molar-refractivity contribution in [2.75, 3.05) is 6.54 Å². The van der Waals surface area contributed by atoms with Crippen molar-refractivity contribution >= 4 is 0 Å². The van der Waals surface area contributed by atoms with Crippen LogP contribution in [0.4, 0.5) is 0 Å². The first-order valence-corrected chi connectivity index (χ1v) is 6.07. The lowest BCUT2D eigenvalue weighted by molar-refractivity contribution is -0.184. The van der Waals surface area contributed by atoms with Crippen LogP contribution in [0.25, 0.3) is 0 Å². The van der Waals surface area contributed by atoms with Crippen LogP contribution in [-0.2, 0) is 9.47 Å². The topological polar surface area (TPSA) is 44.5 Å². The van der Waals surface area contributed by atoms with Gasteiger partial charge in [0.2, 0.25) is 0 Å². The number of hydrogen-bond acceptors (Lipinski definition) is 3. The summed E-state index contributed by atoms with van der Waals surface area (Å²) in [5.41, 5.74) is 5.44. The summed E-state index contributed by atoms with van der Waals surface area (Å²) in [7, 11) is 0. The van der Waals surface area contributed by atoms with Crippen molar-refractivity contribution in [2.45, 2.75) is 71.9 Å². The van der Waals surface area contributed by atoms with E-state index in [2.05, 4.69) is 0 Å². The maximum atomic E-state index is 5.69. The van der Waals surface area contributed by atoms with Crippen molar-refractivity contribution in [1.82, 2.24) is 0 Å². The third kappa shape index (κ3) is 10.2.